The Morgan fingerprint density at radius 1 is 1.83 bits per heavy atom. The Kier molecular flexibility index (Phi) is 13.9. The first-order valence-corrected chi connectivity index (χ1v) is 1.50. The van der Waals surface area contributed by atoms with Crippen molar-refractivity contribution in [2.24, 2.45) is 0 Å². The first-order valence-electron chi connectivity index (χ1n) is 1.50. The molecule has 0 unspecified atom stereocenters. The minimum absolute atomic E-state index is 0. The topological polar surface area (TPSA) is 12.0 Å². The molecule has 0 saturated heterocycles. The molecule has 36 valence electrons. The Labute approximate surface area is 48.9 Å². The predicted molar refractivity (Wildman–Crippen MR) is 33.1 cm³/mol. The summed E-state index contributed by atoms with van der Waals surface area (Å²) >= 11 is 0. The van der Waals surface area contributed by atoms with Crippen molar-refractivity contribution in [3.05, 3.63) is 0 Å². The van der Waals surface area contributed by atoms with E-state index in [2.05, 4.69) is 11.2 Å². The predicted octanol–water partition coefficient (Wildman–Crippen LogP) is 0.417. The number of hydrogen-bond acceptors (Lipinski definition) is 1. The van der Waals surface area contributed by atoms with Crippen molar-refractivity contribution >= 4 is 17.0 Å². The minimum atomic E-state index is 0. The highest BCUT2D eigenvalue weighted by Gasteiger charge is 1.56. The van der Waals surface area contributed by atoms with Gasteiger partial charge >= 0.3 is 0 Å². The second kappa shape index (κ2) is 8.89. The van der Waals surface area contributed by atoms with Gasteiger partial charge in [-0.2, -0.15) is 0 Å². The fourth-order valence-corrected chi connectivity index (χ4v) is 0.102. The molecule has 0 radical (unpaired) electrons. The number of terminal acetylenes is 1. The van der Waals surface area contributed by atoms with E-state index < -0.39 is 0 Å². The molecule has 0 saturated carbocycles. The van der Waals surface area contributed by atoms with E-state index in [9.17, 15) is 0 Å². The lowest BCUT2D eigenvalue weighted by Crippen LogP contribution is -2.03. The molecule has 0 aromatic rings. The number of halogens is 1. The Hall–Kier alpha value is 0.00000000000000000694. The Morgan fingerprint density at radius 3 is 2.33 bits per heavy atom. The zero-order valence-corrected chi connectivity index (χ0v) is 5.41. The van der Waals surface area contributed by atoms with Gasteiger partial charge in [0, 0.05) is 0 Å². The van der Waals surface area contributed by atoms with Crippen LogP contribution in [0, 0.1) is 12.3 Å². The van der Waals surface area contributed by atoms with Gasteiger partial charge in [-0.3, -0.25) is 0 Å². The second-order valence-electron chi connectivity index (χ2n) is 0.734. The molecule has 0 heterocycles. The maximum atomic E-state index is 4.83. The smallest absolute Gasteiger partial charge is 0.0571 e. The summed E-state index contributed by atoms with van der Waals surface area (Å²) in [5.74, 6) is 2.41. The summed E-state index contributed by atoms with van der Waals surface area (Å²) in [6.07, 6.45) is 4.83. The van der Waals surface area contributed by atoms with Gasteiger partial charge in [0.2, 0.25) is 0 Å². The molecule has 0 aliphatic heterocycles. The molecular weight excluding hydrogens is 142 g/mol. The summed E-state index contributed by atoms with van der Waals surface area (Å²) in [5.41, 5.74) is 0. The Balaban J connectivity index is 0. The number of hydrogen-bond donors (Lipinski definition) is 1. The van der Waals surface area contributed by atoms with Gasteiger partial charge in [-0.25, -0.2) is 0 Å². The third-order valence-electron chi connectivity index (χ3n) is 0.279. The molecule has 0 fully saturated rings. The van der Waals surface area contributed by atoms with Gasteiger partial charge in [0.25, 0.3) is 0 Å². The molecule has 0 rings (SSSR count). The van der Waals surface area contributed by atoms with E-state index in [0.717, 1.165) is 0 Å². The maximum Gasteiger partial charge on any atom is 0.0571 e. The van der Waals surface area contributed by atoms with Crippen LogP contribution in [-0.2, 0) is 0 Å². The molecule has 1 nitrogen and oxygen atoms in total. The summed E-state index contributed by atoms with van der Waals surface area (Å²) in [5, 5.41) is 2.78. The van der Waals surface area contributed by atoms with Gasteiger partial charge in [-0.1, -0.05) is 5.92 Å². The van der Waals surface area contributed by atoms with Gasteiger partial charge in [-0.05, 0) is 7.05 Å². The van der Waals surface area contributed by atoms with Crippen molar-refractivity contribution in [3.63, 3.8) is 0 Å². The average molecular weight is 150 g/mol. The molecule has 6 heavy (non-hydrogen) atoms. The van der Waals surface area contributed by atoms with Crippen LogP contribution in [0.25, 0.3) is 0 Å². The SMILES string of the molecule is Br.C#CCNC. The molecule has 1 N–H and O–H groups in total. The zero-order valence-electron chi connectivity index (χ0n) is 3.69. The van der Waals surface area contributed by atoms with Crippen molar-refractivity contribution < 1.29 is 0 Å². The lowest BCUT2D eigenvalue weighted by molar-refractivity contribution is 0.939. The van der Waals surface area contributed by atoms with Crippen molar-refractivity contribution in [1.82, 2.24) is 5.32 Å². The molecule has 0 amide bonds. The van der Waals surface area contributed by atoms with Gasteiger partial charge in [-0.15, -0.1) is 23.4 Å². The molecular formula is C4H8BrN. The fourth-order valence-electron chi connectivity index (χ4n) is 0.102. The molecule has 0 aromatic carbocycles. The maximum absolute atomic E-state index is 4.83. The minimum Gasteiger partial charge on any atom is -0.309 e. The van der Waals surface area contributed by atoms with Gasteiger partial charge in [0.15, 0.2) is 0 Å². The van der Waals surface area contributed by atoms with Crippen molar-refractivity contribution in [2.45, 2.75) is 0 Å². The van der Waals surface area contributed by atoms with Crippen molar-refractivity contribution in [2.75, 3.05) is 13.6 Å². The van der Waals surface area contributed by atoms with Crippen molar-refractivity contribution in [3.8, 4) is 12.3 Å². The molecule has 0 aliphatic rings. The van der Waals surface area contributed by atoms with Crippen LogP contribution in [0.2, 0.25) is 0 Å². The van der Waals surface area contributed by atoms with E-state index in [-0.39, 0.29) is 17.0 Å². The highest BCUT2D eigenvalue weighted by atomic mass is 79.9. The highest BCUT2D eigenvalue weighted by Crippen LogP contribution is 1.37. The van der Waals surface area contributed by atoms with Crippen LogP contribution in [-0.4, -0.2) is 13.6 Å². The summed E-state index contributed by atoms with van der Waals surface area (Å²) in [6, 6.07) is 0. The van der Waals surface area contributed by atoms with Gasteiger partial charge in [0.1, 0.15) is 0 Å². The van der Waals surface area contributed by atoms with E-state index >= 15 is 0 Å². The summed E-state index contributed by atoms with van der Waals surface area (Å²) in [4.78, 5) is 0. The lowest BCUT2D eigenvalue weighted by atomic mass is 10.7. The van der Waals surface area contributed by atoms with E-state index in [4.69, 9.17) is 6.42 Å². The fraction of sp³-hybridized carbons (Fsp3) is 0.500. The first kappa shape index (κ1) is 9.38. The van der Waals surface area contributed by atoms with E-state index in [1.807, 2.05) is 7.05 Å². The van der Waals surface area contributed by atoms with E-state index in [1.54, 1.807) is 0 Å². The quantitative estimate of drug-likeness (QED) is 0.534. The van der Waals surface area contributed by atoms with Gasteiger partial charge in [0.05, 0.1) is 6.54 Å². The summed E-state index contributed by atoms with van der Waals surface area (Å²) in [7, 11) is 1.82. The summed E-state index contributed by atoms with van der Waals surface area (Å²) in [6.45, 7) is 0.667. The first-order chi connectivity index (χ1) is 2.41. The largest absolute Gasteiger partial charge is 0.309 e. The molecule has 0 atom stereocenters. The Bertz CT molecular complexity index is 46.0. The lowest BCUT2D eigenvalue weighted by Gasteiger charge is -1.76. The van der Waals surface area contributed by atoms with Crippen LogP contribution in [0.15, 0.2) is 0 Å². The summed E-state index contributed by atoms with van der Waals surface area (Å²) < 4.78 is 0. The Morgan fingerprint density at radius 2 is 2.33 bits per heavy atom. The molecule has 0 bridgehead atoms. The third-order valence-corrected chi connectivity index (χ3v) is 0.279. The van der Waals surface area contributed by atoms with Crippen LogP contribution in [0.5, 0.6) is 0 Å². The van der Waals surface area contributed by atoms with Crippen LogP contribution in [0.3, 0.4) is 0 Å². The second-order valence-corrected chi connectivity index (χ2v) is 0.734. The third kappa shape index (κ3) is 9.00. The highest BCUT2D eigenvalue weighted by molar-refractivity contribution is 8.93. The van der Waals surface area contributed by atoms with Crippen LogP contribution < -0.4 is 5.32 Å². The standard InChI is InChI=1S/C4H7N.BrH/c1-3-4-5-2;/h1,5H,4H2,2H3;1H. The monoisotopic (exact) mass is 149 g/mol. The number of rotatable bonds is 1. The van der Waals surface area contributed by atoms with Crippen LogP contribution in [0.4, 0.5) is 0 Å². The average Bonchev–Trinajstić information content (AvgIpc) is 1.41. The van der Waals surface area contributed by atoms with E-state index in [0.29, 0.717) is 6.54 Å². The van der Waals surface area contributed by atoms with Crippen LogP contribution >= 0.6 is 17.0 Å². The molecule has 2 heteroatoms. The number of nitrogens with one attached hydrogen (secondary N) is 1. The molecule has 0 aromatic heterocycles. The van der Waals surface area contributed by atoms with E-state index in [1.165, 1.54) is 0 Å². The molecule has 0 spiro atoms. The zero-order chi connectivity index (χ0) is 4.12. The normalized spacial score (nSPS) is 5.33. The van der Waals surface area contributed by atoms with Crippen LogP contribution in [0.1, 0.15) is 0 Å². The molecule has 0 aliphatic carbocycles. The van der Waals surface area contributed by atoms with Gasteiger partial charge < -0.3 is 5.32 Å². The van der Waals surface area contributed by atoms with Crippen molar-refractivity contribution in [1.29, 1.82) is 0 Å².